The molecule has 3 aromatic rings. The second-order valence-corrected chi connectivity index (χ2v) is 6.31. The number of pyridine rings is 1. The SMILES string of the molecule is O=C(N[C@@H]1CC(Cn2cccn2)C[C@H]1O)c1ccnc2[nH]ccc12. The van der Waals surface area contributed by atoms with Crippen molar-refractivity contribution in [2.75, 3.05) is 0 Å². The fourth-order valence-corrected chi connectivity index (χ4v) is 3.50. The van der Waals surface area contributed by atoms with Crippen molar-refractivity contribution in [3.63, 3.8) is 0 Å². The summed E-state index contributed by atoms with van der Waals surface area (Å²) in [5.41, 5.74) is 1.26. The van der Waals surface area contributed by atoms with Gasteiger partial charge in [0.05, 0.1) is 17.7 Å². The van der Waals surface area contributed by atoms with Crippen LogP contribution in [0.15, 0.2) is 43.0 Å². The van der Waals surface area contributed by atoms with E-state index in [1.54, 1.807) is 24.7 Å². The molecule has 1 fully saturated rings. The van der Waals surface area contributed by atoms with Crippen LogP contribution in [0.1, 0.15) is 23.2 Å². The number of amides is 1. The van der Waals surface area contributed by atoms with Crippen molar-refractivity contribution in [2.24, 2.45) is 5.92 Å². The largest absolute Gasteiger partial charge is 0.391 e. The van der Waals surface area contributed by atoms with Crippen molar-refractivity contribution < 1.29 is 9.90 Å². The third kappa shape index (κ3) is 2.78. The Labute approximate surface area is 138 Å². The predicted molar refractivity (Wildman–Crippen MR) is 88.3 cm³/mol. The molecule has 7 heteroatoms. The van der Waals surface area contributed by atoms with E-state index in [-0.39, 0.29) is 11.9 Å². The number of carbonyl (C=O) groups excluding carboxylic acids is 1. The number of aliphatic hydroxyl groups is 1. The summed E-state index contributed by atoms with van der Waals surface area (Å²) in [5.74, 6) is 0.126. The van der Waals surface area contributed by atoms with Crippen LogP contribution in [-0.4, -0.2) is 42.9 Å². The molecule has 0 bridgehead atoms. The first kappa shape index (κ1) is 14.9. The van der Waals surface area contributed by atoms with E-state index in [1.165, 1.54) is 0 Å². The van der Waals surface area contributed by atoms with Gasteiger partial charge in [0.15, 0.2) is 0 Å². The minimum absolute atomic E-state index is 0.175. The molecule has 3 atom stereocenters. The zero-order valence-electron chi connectivity index (χ0n) is 13.1. The summed E-state index contributed by atoms with van der Waals surface area (Å²) < 4.78 is 1.87. The number of aromatic nitrogens is 4. The van der Waals surface area contributed by atoms with Gasteiger partial charge in [-0.3, -0.25) is 9.48 Å². The standard InChI is InChI=1S/C17H19N5O2/c23-15-9-11(10-22-7-1-4-20-22)8-14(15)21-17(24)13-3-6-19-16-12(13)2-5-18-16/h1-7,11,14-15,23H,8-10H2,(H,18,19)(H,21,24)/t11?,14-,15-/m1/s1. The van der Waals surface area contributed by atoms with E-state index >= 15 is 0 Å². The highest BCUT2D eigenvalue weighted by Crippen LogP contribution is 2.28. The summed E-state index contributed by atoms with van der Waals surface area (Å²) in [5, 5.41) is 18.3. The van der Waals surface area contributed by atoms with Gasteiger partial charge in [-0.2, -0.15) is 5.10 Å². The summed E-state index contributed by atoms with van der Waals surface area (Å²) >= 11 is 0. The van der Waals surface area contributed by atoms with Crippen LogP contribution in [0.5, 0.6) is 0 Å². The second kappa shape index (κ2) is 6.09. The maximum atomic E-state index is 12.6. The van der Waals surface area contributed by atoms with E-state index < -0.39 is 6.10 Å². The minimum atomic E-state index is -0.530. The highest BCUT2D eigenvalue weighted by molar-refractivity contribution is 6.05. The fourth-order valence-electron chi connectivity index (χ4n) is 3.50. The second-order valence-electron chi connectivity index (χ2n) is 6.31. The number of nitrogens with zero attached hydrogens (tertiary/aromatic N) is 3. The Bertz CT molecular complexity index is 842. The van der Waals surface area contributed by atoms with Crippen LogP contribution in [0.2, 0.25) is 0 Å². The van der Waals surface area contributed by atoms with Crippen molar-refractivity contribution in [1.82, 2.24) is 25.1 Å². The maximum absolute atomic E-state index is 12.6. The van der Waals surface area contributed by atoms with Crippen molar-refractivity contribution in [2.45, 2.75) is 31.5 Å². The Morgan fingerprint density at radius 3 is 3.12 bits per heavy atom. The van der Waals surface area contributed by atoms with Crippen LogP contribution in [-0.2, 0) is 6.54 Å². The zero-order valence-corrected chi connectivity index (χ0v) is 13.1. The van der Waals surface area contributed by atoms with Crippen molar-refractivity contribution in [1.29, 1.82) is 0 Å². The van der Waals surface area contributed by atoms with E-state index in [1.807, 2.05) is 23.0 Å². The zero-order chi connectivity index (χ0) is 16.5. The topological polar surface area (TPSA) is 95.8 Å². The Hall–Kier alpha value is -2.67. The van der Waals surface area contributed by atoms with Crippen LogP contribution in [0.4, 0.5) is 0 Å². The molecule has 3 heterocycles. The maximum Gasteiger partial charge on any atom is 0.252 e. The van der Waals surface area contributed by atoms with Gasteiger partial charge in [-0.05, 0) is 37.0 Å². The molecule has 3 aromatic heterocycles. The van der Waals surface area contributed by atoms with Crippen molar-refractivity contribution in [3.8, 4) is 0 Å². The first-order valence-electron chi connectivity index (χ1n) is 8.09. The molecule has 24 heavy (non-hydrogen) atoms. The first-order chi connectivity index (χ1) is 11.7. The average Bonchev–Trinajstić information content (AvgIpc) is 3.29. The third-order valence-corrected chi connectivity index (χ3v) is 4.65. The number of fused-ring (bicyclic) bond motifs is 1. The van der Waals surface area contributed by atoms with Gasteiger partial charge in [-0.25, -0.2) is 4.98 Å². The number of hydrogen-bond donors (Lipinski definition) is 3. The summed E-state index contributed by atoms with van der Waals surface area (Å²) in [6.07, 6.45) is 7.92. The lowest BCUT2D eigenvalue weighted by Gasteiger charge is -2.16. The summed E-state index contributed by atoms with van der Waals surface area (Å²) in [4.78, 5) is 19.8. The van der Waals surface area contributed by atoms with Gasteiger partial charge in [0.25, 0.3) is 5.91 Å². The molecule has 0 spiro atoms. The lowest BCUT2D eigenvalue weighted by molar-refractivity contribution is 0.0874. The molecule has 0 radical (unpaired) electrons. The molecule has 124 valence electrons. The molecular weight excluding hydrogens is 306 g/mol. The molecule has 4 rings (SSSR count). The lowest BCUT2D eigenvalue weighted by atomic mass is 10.1. The molecule has 1 saturated carbocycles. The Balaban J connectivity index is 1.45. The average molecular weight is 325 g/mol. The molecule has 0 aliphatic heterocycles. The van der Waals surface area contributed by atoms with Crippen LogP contribution < -0.4 is 5.32 Å². The normalized spacial score (nSPS) is 23.6. The molecule has 1 unspecified atom stereocenters. The lowest BCUT2D eigenvalue weighted by Crippen LogP contribution is -2.40. The van der Waals surface area contributed by atoms with Crippen LogP contribution in [0, 0.1) is 5.92 Å². The monoisotopic (exact) mass is 325 g/mol. The van der Waals surface area contributed by atoms with Gasteiger partial charge in [-0.1, -0.05) is 0 Å². The predicted octanol–water partition coefficient (Wildman–Crippen LogP) is 1.33. The van der Waals surface area contributed by atoms with Crippen LogP contribution >= 0.6 is 0 Å². The van der Waals surface area contributed by atoms with Crippen molar-refractivity contribution >= 4 is 16.9 Å². The van der Waals surface area contributed by atoms with Gasteiger partial charge in [-0.15, -0.1) is 0 Å². The fraction of sp³-hybridized carbons (Fsp3) is 0.353. The molecular formula is C17H19N5O2. The Morgan fingerprint density at radius 2 is 2.29 bits per heavy atom. The highest BCUT2D eigenvalue weighted by atomic mass is 16.3. The number of aliphatic hydroxyl groups excluding tert-OH is 1. The summed E-state index contributed by atoms with van der Waals surface area (Å²) in [6.45, 7) is 0.758. The number of rotatable bonds is 4. The number of carbonyl (C=O) groups is 1. The minimum Gasteiger partial charge on any atom is -0.391 e. The molecule has 1 aliphatic rings. The van der Waals surface area contributed by atoms with Gasteiger partial charge in [0.1, 0.15) is 5.65 Å². The molecule has 7 nitrogen and oxygen atoms in total. The number of aromatic amines is 1. The Kier molecular flexibility index (Phi) is 3.78. The van der Waals surface area contributed by atoms with E-state index in [2.05, 4.69) is 20.4 Å². The van der Waals surface area contributed by atoms with E-state index in [9.17, 15) is 9.90 Å². The molecule has 3 N–H and O–H groups in total. The van der Waals surface area contributed by atoms with Gasteiger partial charge in [0, 0.05) is 36.7 Å². The van der Waals surface area contributed by atoms with Crippen molar-refractivity contribution in [3.05, 3.63) is 48.5 Å². The smallest absolute Gasteiger partial charge is 0.252 e. The molecule has 1 amide bonds. The van der Waals surface area contributed by atoms with Gasteiger partial charge < -0.3 is 15.4 Å². The number of hydrogen-bond acceptors (Lipinski definition) is 4. The quantitative estimate of drug-likeness (QED) is 0.674. The number of H-pyrrole nitrogens is 1. The molecule has 0 saturated heterocycles. The summed E-state index contributed by atoms with van der Waals surface area (Å²) in [7, 11) is 0. The Morgan fingerprint density at radius 1 is 1.38 bits per heavy atom. The van der Waals surface area contributed by atoms with E-state index in [0.29, 0.717) is 23.5 Å². The third-order valence-electron chi connectivity index (χ3n) is 4.65. The van der Waals surface area contributed by atoms with Crippen LogP contribution in [0.25, 0.3) is 11.0 Å². The van der Waals surface area contributed by atoms with E-state index in [0.717, 1.165) is 18.4 Å². The highest BCUT2D eigenvalue weighted by Gasteiger charge is 2.34. The van der Waals surface area contributed by atoms with Crippen LogP contribution in [0.3, 0.4) is 0 Å². The molecule has 0 aromatic carbocycles. The first-order valence-corrected chi connectivity index (χ1v) is 8.09. The van der Waals surface area contributed by atoms with Gasteiger partial charge in [0.2, 0.25) is 0 Å². The summed E-state index contributed by atoms with van der Waals surface area (Å²) in [6, 6.07) is 5.19. The van der Waals surface area contributed by atoms with E-state index in [4.69, 9.17) is 0 Å². The number of nitrogens with one attached hydrogen (secondary N) is 2. The molecule has 1 aliphatic carbocycles. The van der Waals surface area contributed by atoms with Gasteiger partial charge >= 0.3 is 0 Å².